The van der Waals surface area contributed by atoms with Gasteiger partial charge in [0.15, 0.2) is 11.5 Å². The van der Waals surface area contributed by atoms with Crippen molar-refractivity contribution in [3.63, 3.8) is 0 Å². The quantitative estimate of drug-likeness (QED) is 0.405. The second-order valence-corrected chi connectivity index (χ2v) is 12.6. The Balaban J connectivity index is 1.06. The number of unbranched alkanes of at least 4 members (excludes halogenated alkanes) is 3. The fourth-order valence-electron chi connectivity index (χ4n) is 6.58. The van der Waals surface area contributed by atoms with Crippen LogP contribution in [0.1, 0.15) is 60.0 Å². The first-order valence-corrected chi connectivity index (χ1v) is 14.9. The molecule has 4 aliphatic rings. The van der Waals surface area contributed by atoms with Crippen LogP contribution in [0.2, 0.25) is 0 Å². The van der Waals surface area contributed by atoms with Gasteiger partial charge in [-0.05, 0) is 56.1 Å². The minimum Gasteiger partial charge on any atom is -0.493 e. The van der Waals surface area contributed by atoms with E-state index in [2.05, 4.69) is 17.0 Å². The molecular weight excluding hydrogens is 504 g/mol. The maximum absolute atomic E-state index is 12.7. The summed E-state index contributed by atoms with van der Waals surface area (Å²) in [5.41, 5.74) is 2.50. The van der Waals surface area contributed by atoms with Gasteiger partial charge in [-0.1, -0.05) is 43.2 Å². The molecule has 1 amide bonds. The molecule has 0 bridgehead atoms. The molecule has 38 heavy (non-hydrogen) atoms. The van der Waals surface area contributed by atoms with E-state index in [1.165, 1.54) is 17.2 Å². The van der Waals surface area contributed by atoms with E-state index < -0.39 is 22.0 Å². The molecule has 0 saturated carbocycles. The van der Waals surface area contributed by atoms with Crippen LogP contribution in [0.25, 0.3) is 0 Å². The van der Waals surface area contributed by atoms with Crippen LogP contribution in [-0.4, -0.2) is 67.6 Å². The fourth-order valence-corrected chi connectivity index (χ4v) is 8.19. The minimum absolute atomic E-state index is 0.0942. The number of hydrogen-bond donors (Lipinski definition) is 1. The lowest BCUT2D eigenvalue weighted by atomic mass is 9.69. The van der Waals surface area contributed by atoms with Gasteiger partial charge in [0.05, 0.1) is 24.2 Å². The molecule has 3 atom stereocenters. The van der Waals surface area contributed by atoms with Crippen molar-refractivity contribution in [1.29, 1.82) is 0 Å². The number of aliphatic hydroxyl groups is 1. The number of fused-ring (bicyclic) bond motifs is 1. The second kappa shape index (κ2) is 9.70. The molecule has 2 aromatic rings. The van der Waals surface area contributed by atoms with Crippen molar-refractivity contribution in [2.75, 3.05) is 26.7 Å². The zero-order valence-corrected chi connectivity index (χ0v) is 22.5. The van der Waals surface area contributed by atoms with Crippen molar-refractivity contribution >= 4 is 15.9 Å². The molecule has 2 aromatic carbocycles. The summed E-state index contributed by atoms with van der Waals surface area (Å²) in [6.45, 7) is 2.93. The van der Waals surface area contributed by atoms with E-state index in [9.17, 15) is 18.3 Å². The summed E-state index contributed by atoms with van der Waals surface area (Å²) < 4.78 is 38.5. The Morgan fingerprint density at radius 1 is 1.11 bits per heavy atom. The normalized spacial score (nSPS) is 26.9. The van der Waals surface area contributed by atoms with Crippen molar-refractivity contribution in [2.45, 2.75) is 67.6 Å². The summed E-state index contributed by atoms with van der Waals surface area (Å²) in [5, 5.41) is 10.3. The SMILES string of the molecule is COc1ccc2c3c1O[C@H]1C[C@@H](O)C=CC31CCN(CCCCCCN1C(=O)c3ccccc3S1(=O)=O)C2. The van der Waals surface area contributed by atoms with Crippen LogP contribution in [0, 0.1) is 0 Å². The number of carbonyl (C=O) groups is 1. The van der Waals surface area contributed by atoms with Crippen LogP contribution >= 0.6 is 0 Å². The Kier molecular flexibility index (Phi) is 6.48. The zero-order chi connectivity index (χ0) is 26.5. The third-order valence-corrected chi connectivity index (χ3v) is 10.4. The molecule has 0 fully saturated rings. The van der Waals surface area contributed by atoms with E-state index in [0.29, 0.717) is 12.8 Å². The van der Waals surface area contributed by atoms with E-state index in [1.807, 2.05) is 12.1 Å². The predicted octanol–water partition coefficient (Wildman–Crippen LogP) is 3.63. The van der Waals surface area contributed by atoms with Crippen molar-refractivity contribution in [1.82, 2.24) is 9.21 Å². The van der Waals surface area contributed by atoms with Gasteiger partial charge in [0.2, 0.25) is 0 Å². The van der Waals surface area contributed by atoms with Gasteiger partial charge in [0.1, 0.15) is 11.0 Å². The standard InChI is InChI=1S/C29H34N2O6S/c1-36-23-11-10-20-19-30(17-14-29-13-12-21(32)18-25(29)37-27(23)26(20)29)15-6-2-3-7-16-31-28(33)22-8-4-5-9-24(22)38(31,34)35/h4-5,8-13,21,25,32H,2-3,6-7,14-19H2,1H3/t21-,25-,29?/m0/s1. The molecule has 3 heterocycles. The molecule has 9 heteroatoms. The highest BCUT2D eigenvalue weighted by Crippen LogP contribution is 2.55. The van der Waals surface area contributed by atoms with Crippen molar-refractivity contribution in [3.05, 3.63) is 65.2 Å². The highest BCUT2D eigenvalue weighted by molar-refractivity contribution is 7.90. The number of sulfonamides is 1. The smallest absolute Gasteiger partial charge is 0.269 e. The Hall–Kier alpha value is -2.88. The molecule has 1 N–H and O–H groups in total. The largest absolute Gasteiger partial charge is 0.493 e. The minimum atomic E-state index is -3.72. The number of ether oxygens (including phenoxy) is 2. The molecule has 202 valence electrons. The molecule has 0 saturated heterocycles. The number of amides is 1. The maximum Gasteiger partial charge on any atom is 0.269 e. The third-order valence-electron chi connectivity index (χ3n) is 8.53. The van der Waals surface area contributed by atoms with Gasteiger partial charge >= 0.3 is 0 Å². The van der Waals surface area contributed by atoms with Crippen LogP contribution < -0.4 is 9.47 Å². The molecule has 3 aliphatic heterocycles. The first-order valence-electron chi connectivity index (χ1n) is 13.5. The predicted molar refractivity (Wildman–Crippen MR) is 142 cm³/mol. The number of nitrogens with zero attached hydrogens (tertiary/aromatic N) is 2. The summed E-state index contributed by atoms with van der Waals surface area (Å²) >= 11 is 0. The number of carbonyl (C=O) groups excluding carboxylic acids is 1. The van der Waals surface area contributed by atoms with Crippen molar-refractivity contribution in [3.8, 4) is 11.5 Å². The van der Waals surface area contributed by atoms with E-state index in [0.717, 1.165) is 61.1 Å². The molecule has 1 aliphatic carbocycles. The van der Waals surface area contributed by atoms with Crippen LogP contribution in [0.4, 0.5) is 0 Å². The summed E-state index contributed by atoms with van der Waals surface area (Å²) in [6, 6.07) is 10.6. The van der Waals surface area contributed by atoms with Gasteiger partial charge in [-0.2, -0.15) is 0 Å². The van der Waals surface area contributed by atoms with Crippen LogP contribution in [0.3, 0.4) is 0 Å². The summed E-state index contributed by atoms with van der Waals surface area (Å²) in [6.07, 6.45) is 8.47. The highest BCUT2D eigenvalue weighted by Gasteiger charge is 2.52. The average molecular weight is 539 g/mol. The van der Waals surface area contributed by atoms with Crippen LogP contribution in [-0.2, 0) is 22.0 Å². The number of aliphatic hydroxyl groups excluding tert-OH is 1. The lowest BCUT2D eigenvalue weighted by Gasteiger charge is -2.35. The molecule has 8 nitrogen and oxygen atoms in total. The summed E-state index contributed by atoms with van der Waals surface area (Å²) in [4.78, 5) is 15.2. The fraction of sp³-hybridized carbons (Fsp3) is 0.483. The van der Waals surface area contributed by atoms with Gasteiger partial charge in [0.25, 0.3) is 15.9 Å². The Labute approximate surface area is 223 Å². The molecule has 1 spiro atoms. The Morgan fingerprint density at radius 2 is 1.89 bits per heavy atom. The van der Waals surface area contributed by atoms with E-state index >= 15 is 0 Å². The van der Waals surface area contributed by atoms with Gasteiger partial charge < -0.3 is 14.6 Å². The third kappa shape index (κ3) is 4.03. The first-order chi connectivity index (χ1) is 18.3. The lowest BCUT2D eigenvalue weighted by Crippen LogP contribution is -2.43. The van der Waals surface area contributed by atoms with E-state index in [4.69, 9.17) is 9.47 Å². The number of rotatable bonds is 8. The van der Waals surface area contributed by atoms with Gasteiger partial charge in [-0.3, -0.25) is 9.69 Å². The highest BCUT2D eigenvalue weighted by atomic mass is 32.2. The second-order valence-electron chi connectivity index (χ2n) is 10.8. The van der Waals surface area contributed by atoms with Gasteiger partial charge in [-0.25, -0.2) is 12.7 Å². The summed E-state index contributed by atoms with van der Waals surface area (Å²) in [7, 11) is -2.06. The van der Waals surface area contributed by atoms with Gasteiger partial charge in [-0.15, -0.1) is 0 Å². The Morgan fingerprint density at radius 3 is 2.68 bits per heavy atom. The van der Waals surface area contributed by atoms with Crippen molar-refractivity contribution in [2.24, 2.45) is 0 Å². The number of hydrogen-bond acceptors (Lipinski definition) is 7. The van der Waals surface area contributed by atoms with Crippen LogP contribution in [0.15, 0.2) is 53.4 Å². The summed E-state index contributed by atoms with van der Waals surface area (Å²) in [5.74, 6) is 1.15. The molecule has 6 rings (SSSR count). The average Bonchev–Trinajstić information content (AvgIpc) is 3.26. The molecule has 1 unspecified atom stereocenters. The number of benzene rings is 2. The molecular formula is C29H34N2O6S. The van der Waals surface area contributed by atoms with Crippen molar-refractivity contribution < 1.29 is 27.8 Å². The monoisotopic (exact) mass is 538 g/mol. The maximum atomic E-state index is 12.7. The zero-order valence-electron chi connectivity index (χ0n) is 21.6. The lowest BCUT2D eigenvalue weighted by molar-refractivity contribution is 0.0809. The Bertz CT molecular complexity index is 1390. The molecule has 0 radical (unpaired) electrons. The first kappa shape index (κ1) is 25.4. The van der Waals surface area contributed by atoms with Crippen LogP contribution in [0.5, 0.6) is 11.5 Å². The number of methoxy groups -OCH3 is 1. The van der Waals surface area contributed by atoms with E-state index in [1.54, 1.807) is 25.3 Å². The molecule has 0 aromatic heterocycles. The van der Waals surface area contributed by atoms with Gasteiger partial charge in [0, 0.05) is 25.1 Å². The topological polar surface area (TPSA) is 96.4 Å². The van der Waals surface area contributed by atoms with E-state index in [-0.39, 0.29) is 28.5 Å².